The summed E-state index contributed by atoms with van der Waals surface area (Å²) in [7, 11) is 0. The molecule has 9 heteroatoms. The van der Waals surface area contributed by atoms with Gasteiger partial charge in [-0.15, -0.1) is 10.2 Å². The van der Waals surface area contributed by atoms with Crippen molar-refractivity contribution in [3.8, 4) is 22.8 Å². The molecule has 2 N–H and O–H groups in total. The fourth-order valence-corrected chi connectivity index (χ4v) is 4.70. The number of carbonyl (C=O) groups is 1. The molecule has 0 saturated heterocycles. The molecular weight excluding hydrogens is 506 g/mol. The minimum Gasteiger partial charge on any atom is -0.507 e. The Balaban J connectivity index is 1.34. The third kappa shape index (κ3) is 5.50. The van der Waals surface area contributed by atoms with Crippen molar-refractivity contribution >= 4 is 46.3 Å². The highest BCUT2D eigenvalue weighted by Crippen LogP contribution is 2.29. The first kappa shape index (κ1) is 24.5. The van der Waals surface area contributed by atoms with Gasteiger partial charge in [0.05, 0.1) is 12.0 Å². The summed E-state index contributed by atoms with van der Waals surface area (Å²) < 4.78 is 1.90. The number of benzene rings is 4. The van der Waals surface area contributed by atoms with Gasteiger partial charge in [-0.2, -0.15) is 5.10 Å². The number of halogens is 1. The first-order valence-corrected chi connectivity index (χ1v) is 12.8. The van der Waals surface area contributed by atoms with Crippen LogP contribution in [0.3, 0.4) is 0 Å². The lowest BCUT2D eigenvalue weighted by Gasteiger charge is -2.10. The summed E-state index contributed by atoms with van der Waals surface area (Å²) in [5, 5.41) is 26.1. The average molecular weight is 528 g/mol. The molecule has 0 atom stereocenters. The van der Waals surface area contributed by atoms with Gasteiger partial charge in [-0.05, 0) is 48.0 Å². The predicted octanol–water partition coefficient (Wildman–Crippen LogP) is 6.00. The Hall–Kier alpha value is -4.14. The Kier molecular flexibility index (Phi) is 7.20. The lowest BCUT2D eigenvalue weighted by atomic mass is 10.0. The number of rotatable bonds is 7. The normalized spacial score (nSPS) is 11.3. The summed E-state index contributed by atoms with van der Waals surface area (Å²) in [6.45, 7) is 2.03. The molecule has 0 aliphatic carbocycles. The fraction of sp³-hybridized carbons (Fsp3) is 0.0714. The SMILES string of the molecule is Cc1ccc(-c2nnc(SCC(=O)N/N=C/c3c(O)ccc4ccccc34)n2-c2ccc(Cl)cc2)cc1. The summed E-state index contributed by atoms with van der Waals surface area (Å²) in [5.74, 6) is 0.502. The first-order valence-electron chi connectivity index (χ1n) is 11.4. The lowest BCUT2D eigenvalue weighted by molar-refractivity contribution is -0.118. The van der Waals surface area contributed by atoms with Crippen molar-refractivity contribution in [1.29, 1.82) is 0 Å². The number of thioether (sulfide) groups is 1. The van der Waals surface area contributed by atoms with E-state index in [0.29, 0.717) is 21.6 Å². The molecule has 0 aliphatic rings. The number of carbonyl (C=O) groups excluding carboxylic acids is 1. The van der Waals surface area contributed by atoms with Crippen LogP contribution in [0.5, 0.6) is 5.75 Å². The molecule has 0 unspecified atom stereocenters. The van der Waals surface area contributed by atoms with E-state index < -0.39 is 0 Å². The molecule has 37 heavy (non-hydrogen) atoms. The van der Waals surface area contributed by atoms with Crippen molar-refractivity contribution in [2.45, 2.75) is 12.1 Å². The number of hydrogen-bond acceptors (Lipinski definition) is 6. The number of aromatic nitrogens is 3. The molecule has 5 rings (SSSR count). The zero-order chi connectivity index (χ0) is 25.8. The number of phenols is 1. The van der Waals surface area contributed by atoms with Crippen molar-refractivity contribution in [1.82, 2.24) is 20.2 Å². The van der Waals surface area contributed by atoms with E-state index in [1.807, 2.05) is 78.2 Å². The monoisotopic (exact) mass is 527 g/mol. The van der Waals surface area contributed by atoms with Gasteiger partial charge < -0.3 is 5.11 Å². The Morgan fingerprint density at radius 3 is 2.57 bits per heavy atom. The van der Waals surface area contributed by atoms with E-state index in [-0.39, 0.29) is 17.4 Å². The van der Waals surface area contributed by atoms with E-state index in [2.05, 4.69) is 20.7 Å². The van der Waals surface area contributed by atoms with Gasteiger partial charge in [-0.3, -0.25) is 9.36 Å². The fourth-order valence-electron chi connectivity index (χ4n) is 3.83. The summed E-state index contributed by atoms with van der Waals surface area (Å²) >= 11 is 7.34. The second-order valence-corrected chi connectivity index (χ2v) is 9.66. The highest BCUT2D eigenvalue weighted by molar-refractivity contribution is 7.99. The van der Waals surface area contributed by atoms with Crippen LogP contribution in [0.4, 0.5) is 0 Å². The van der Waals surface area contributed by atoms with Crippen molar-refractivity contribution in [2.75, 3.05) is 5.75 Å². The third-order valence-electron chi connectivity index (χ3n) is 5.69. The van der Waals surface area contributed by atoms with Gasteiger partial charge in [0.2, 0.25) is 0 Å². The standard InChI is InChI=1S/C28H22ClN5O2S/c1-18-6-8-20(9-7-18)27-32-33-28(34(27)22-13-11-21(29)12-14-22)37-17-26(36)31-30-16-24-23-5-3-2-4-19(23)10-15-25(24)35/h2-16,35H,17H2,1H3,(H,31,36)/b30-16+. The van der Waals surface area contributed by atoms with Crippen LogP contribution < -0.4 is 5.43 Å². The van der Waals surface area contributed by atoms with Crippen LogP contribution in [0, 0.1) is 6.92 Å². The zero-order valence-electron chi connectivity index (χ0n) is 19.8. The quantitative estimate of drug-likeness (QED) is 0.154. The molecule has 0 saturated carbocycles. The van der Waals surface area contributed by atoms with Crippen LogP contribution in [-0.4, -0.2) is 37.7 Å². The number of aromatic hydroxyl groups is 1. The van der Waals surface area contributed by atoms with E-state index in [9.17, 15) is 9.90 Å². The predicted molar refractivity (Wildman–Crippen MR) is 149 cm³/mol. The minimum atomic E-state index is -0.316. The minimum absolute atomic E-state index is 0.0679. The summed E-state index contributed by atoms with van der Waals surface area (Å²) in [4.78, 5) is 12.6. The average Bonchev–Trinajstić information content (AvgIpc) is 3.33. The second kappa shape index (κ2) is 10.9. The number of aryl methyl sites for hydroxylation is 1. The summed E-state index contributed by atoms with van der Waals surface area (Å²) in [5.41, 5.74) is 5.95. The largest absolute Gasteiger partial charge is 0.507 e. The van der Waals surface area contributed by atoms with Crippen molar-refractivity contribution in [3.05, 3.63) is 101 Å². The number of fused-ring (bicyclic) bond motifs is 1. The van der Waals surface area contributed by atoms with E-state index in [0.717, 1.165) is 27.6 Å². The van der Waals surface area contributed by atoms with Gasteiger partial charge in [0.1, 0.15) is 5.75 Å². The van der Waals surface area contributed by atoms with Gasteiger partial charge in [0, 0.05) is 21.8 Å². The molecule has 1 amide bonds. The zero-order valence-corrected chi connectivity index (χ0v) is 21.4. The highest BCUT2D eigenvalue weighted by atomic mass is 35.5. The van der Waals surface area contributed by atoms with Crippen LogP contribution in [0.25, 0.3) is 27.8 Å². The van der Waals surface area contributed by atoms with Gasteiger partial charge in [0.25, 0.3) is 5.91 Å². The molecule has 0 spiro atoms. The lowest BCUT2D eigenvalue weighted by Crippen LogP contribution is -2.20. The van der Waals surface area contributed by atoms with Gasteiger partial charge in [0.15, 0.2) is 11.0 Å². The molecule has 4 aromatic carbocycles. The van der Waals surface area contributed by atoms with Crippen LogP contribution in [0.15, 0.2) is 95.2 Å². The van der Waals surface area contributed by atoms with E-state index in [1.165, 1.54) is 18.0 Å². The van der Waals surface area contributed by atoms with Crippen molar-refractivity contribution < 1.29 is 9.90 Å². The number of nitrogens with one attached hydrogen (secondary N) is 1. The Morgan fingerprint density at radius 1 is 1.03 bits per heavy atom. The van der Waals surface area contributed by atoms with Crippen LogP contribution in [0.1, 0.15) is 11.1 Å². The van der Waals surface area contributed by atoms with E-state index >= 15 is 0 Å². The number of hydrogen-bond donors (Lipinski definition) is 2. The molecule has 0 radical (unpaired) electrons. The maximum atomic E-state index is 12.6. The molecular formula is C28H22ClN5O2S. The molecule has 0 bridgehead atoms. The van der Waals surface area contributed by atoms with Gasteiger partial charge in [-0.1, -0.05) is 83.5 Å². The Bertz CT molecular complexity index is 1600. The summed E-state index contributed by atoms with van der Waals surface area (Å²) in [6, 6.07) is 26.5. The number of phenolic OH excluding ortho intramolecular Hbond substituents is 1. The Labute approximate surface area is 222 Å². The van der Waals surface area contributed by atoms with E-state index in [1.54, 1.807) is 18.2 Å². The maximum absolute atomic E-state index is 12.6. The topological polar surface area (TPSA) is 92.4 Å². The highest BCUT2D eigenvalue weighted by Gasteiger charge is 2.17. The molecule has 0 aliphatic heterocycles. The maximum Gasteiger partial charge on any atom is 0.250 e. The molecule has 1 aromatic heterocycles. The number of amides is 1. The van der Waals surface area contributed by atoms with Gasteiger partial charge >= 0.3 is 0 Å². The van der Waals surface area contributed by atoms with Crippen molar-refractivity contribution in [3.63, 3.8) is 0 Å². The molecule has 0 fully saturated rings. The molecule has 7 nitrogen and oxygen atoms in total. The van der Waals surface area contributed by atoms with Crippen molar-refractivity contribution in [2.24, 2.45) is 5.10 Å². The smallest absolute Gasteiger partial charge is 0.250 e. The Morgan fingerprint density at radius 2 is 1.78 bits per heavy atom. The van der Waals surface area contributed by atoms with Crippen LogP contribution in [0.2, 0.25) is 5.02 Å². The molecule has 1 heterocycles. The van der Waals surface area contributed by atoms with E-state index in [4.69, 9.17) is 11.6 Å². The van der Waals surface area contributed by atoms with Crippen LogP contribution in [-0.2, 0) is 4.79 Å². The number of nitrogens with zero attached hydrogens (tertiary/aromatic N) is 4. The third-order valence-corrected chi connectivity index (χ3v) is 6.87. The first-order chi connectivity index (χ1) is 18.0. The van der Waals surface area contributed by atoms with Gasteiger partial charge in [-0.25, -0.2) is 5.43 Å². The number of hydrazone groups is 1. The summed E-state index contributed by atoms with van der Waals surface area (Å²) in [6.07, 6.45) is 1.45. The molecule has 5 aromatic rings. The second-order valence-electron chi connectivity index (χ2n) is 8.29. The molecule has 184 valence electrons. The van der Waals surface area contributed by atoms with Crippen LogP contribution >= 0.6 is 23.4 Å².